The molecule has 1 aromatic carbocycles. The molecule has 6 nitrogen and oxygen atoms in total. The second-order valence-corrected chi connectivity index (χ2v) is 8.77. The van der Waals surface area contributed by atoms with Crippen molar-refractivity contribution in [2.45, 2.75) is 45.2 Å². The summed E-state index contributed by atoms with van der Waals surface area (Å²) >= 11 is 1.56. The van der Waals surface area contributed by atoms with Crippen molar-refractivity contribution in [3.05, 3.63) is 65.5 Å². The first-order valence-corrected chi connectivity index (χ1v) is 10.6. The molecule has 2 amide bonds. The first-order chi connectivity index (χ1) is 13.7. The van der Waals surface area contributed by atoms with E-state index in [1.54, 1.807) is 29.9 Å². The molecule has 1 aromatic heterocycles. The van der Waals surface area contributed by atoms with E-state index in [1.807, 2.05) is 63.4 Å². The van der Waals surface area contributed by atoms with Gasteiger partial charge in [-0.05, 0) is 43.5 Å². The number of thioether (sulfide) groups is 1. The molecule has 0 aliphatic carbocycles. The fraction of sp³-hybridized carbons (Fsp3) is 0.409. The van der Waals surface area contributed by atoms with Gasteiger partial charge in [0.2, 0.25) is 5.91 Å². The summed E-state index contributed by atoms with van der Waals surface area (Å²) in [6.45, 7) is 6.48. The lowest BCUT2D eigenvalue weighted by molar-refractivity contribution is -0.118. The predicted molar refractivity (Wildman–Crippen MR) is 116 cm³/mol. The molecule has 0 saturated heterocycles. The van der Waals surface area contributed by atoms with Crippen LogP contribution in [-0.2, 0) is 28.4 Å². The normalized spacial score (nSPS) is 11.0. The molecule has 1 N–H and O–H groups in total. The molecule has 0 radical (unpaired) electrons. The third kappa shape index (κ3) is 9.00. The van der Waals surface area contributed by atoms with Crippen molar-refractivity contribution in [2.24, 2.45) is 0 Å². The van der Waals surface area contributed by atoms with Gasteiger partial charge in [-0.2, -0.15) is 0 Å². The lowest BCUT2D eigenvalue weighted by Gasteiger charge is -2.24. The molecule has 0 atom stereocenters. The summed E-state index contributed by atoms with van der Waals surface area (Å²) in [4.78, 5) is 29.6. The fourth-order valence-corrected chi connectivity index (χ4v) is 3.23. The maximum Gasteiger partial charge on any atom is 0.410 e. The molecule has 0 fully saturated rings. The summed E-state index contributed by atoms with van der Waals surface area (Å²) in [5.74, 6) is 1.18. The lowest BCUT2D eigenvalue weighted by Crippen LogP contribution is -2.33. The van der Waals surface area contributed by atoms with Crippen LogP contribution in [0, 0.1) is 0 Å². The summed E-state index contributed by atoms with van der Waals surface area (Å²) in [7, 11) is 1.71. The Hall–Kier alpha value is -2.54. The summed E-state index contributed by atoms with van der Waals surface area (Å²) in [5.41, 5.74) is 2.61. The highest BCUT2D eigenvalue weighted by Gasteiger charge is 2.19. The number of aromatic nitrogens is 1. The highest BCUT2D eigenvalue weighted by atomic mass is 32.2. The fourth-order valence-electron chi connectivity index (χ4n) is 2.44. The van der Waals surface area contributed by atoms with Crippen molar-refractivity contribution in [3.8, 4) is 0 Å². The summed E-state index contributed by atoms with van der Waals surface area (Å²) in [6, 6.07) is 11.7. The van der Waals surface area contributed by atoms with Crippen molar-refractivity contribution >= 4 is 23.8 Å². The van der Waals surface area contributed by atoms with Crippen LogP contribution in [0.1, 0.15) is 37.5 Å². The zero-order chi connectivity index (χ0) is 21.3. The average Bonchev–Trinajstić information content (AvgIpc) is 2.67. The Labute approximate surface area is 177 Å². The van der Waals surface area contributed by atoms with E-state index in [9.17, 15) is 9.59 Å². The van der Waals surface area contributed by atoms with Crippen LogP contribution in [0.3, 0.4) is 0 Å². The smallest absolute Gasteiger partial charge is 0.410 e. The molecule has 2 aromatic rings. The number of pyridine rings is 1. The molecular weight excluding hydrogens is 386 g/mol. The largest absolute Gasteiger partial charge is 0.444 e. The molecule has 2 rings (SSSR count). The average molecular weight is 416 g/mol. The molecular formula is C22H29N3O3S. The summed E-state index contributed by atoms with van der Waals surface area (Å²) in [5, 5.41) is 2.93. The SMILES string of the molecule is CN(Cc1ccc(CNC(=O)CSCc2cccnc2)cc1)C(=O)OC(C)(C)C. The number of carbonyl (C=O) groups is 2. The van der Waals surface area contributed by atoms with Crippen molar-refractivity contribution in [3.63, 3.8) is 0 Å². The first-order valence-electron chi connectivity index (χ1n) is 9.48. The van der Waals surface area contributed by atoms with Crippen LogP contribution in [0.15, 0.2) is 48.8 Å². The van der Waals surface area contributed by atoms with Gasteiger partial charge in [0.15, 0.2) is 0 Å². The molecule has 156 valence electrons. The van der Waals surface area contributed by atoms with Gasteiger partial charge >= 0.3 is 6.09 Å². The number of rotatable bonds is 8. The van der Waals surface area contributed by atoms with Gasteiger partial charge in [-0.25, -0.2) is 4.79 Å². The minimum atomic E-state index is -0.510. The van der Waals surface area contributed by atoms with Crippen LogP contribution in [0.5, 0.6) is 0 Å². The Balaban J connectivity index is 1.71. The van der Waals surface area contributed by atoms with Crippen molar-refractivity contribution in [1.82, 2.24) is 15.2 Å². The van der Waals surface area contributed by atoms with Crippen molar-refractivity contribution < 1.29 is 14.3 Å². The zero-order valence-electron chi connectivity index (χ0n) is 17.5. The first kappa shape index (κ1) is 22.7. The predicted octanol–water partition coefficient (Wildman–Crippen LogP) is 4.00. The van der Waals surface area contributed by atoms with Gasteiger partial charge in [0.05, 0.1) is 5.75 Å². The van der Waals surface area contributed by atoms with Gasteiger partial charge in [0.25, 0.3) is 0 Å². The van der Waals surface area contributed by atoms with Gasteiger partial charge in [0, 0.05) is 38.3 Å². The summed E-state index contributed by atoms with van der Waals surface area (Å²) < 4.78 is 5.35. The van der Waals surface area contributed by atoms with Gasteiger partial charge < -0.3 is 15.0 Å². The topological polar surface area (TPSA) is 71.5 Å². The number of amides is 2. The Kier molecular flexibility index (Phi) is 8.51. The van der Waals surface area contributed by atoms with Crippen LogP contribution >= 0.6 is 11.8 Å². The third-order valence-electron chi connectivity index (χ3n) is 3.86. The van der Waals surface area contributed by atoms with E-state index in [4.69, 9.17) is 4.74 Å². The monoisotopic (exact) mass is 415 g/mol. The highest BCUT2D eigenvalue weighted by Crippen LogP contribution is 2.13. The number of benzene rings is 1. The van der Waals surface area contributed by atoms with E-state index in [-0.39, 0.29) is 12.0 Å². The van der Waals surface area contributed by atoms with E-state index >= 15 is 0 Å². The van der Waals surface area contributed by atoms with Crippen molar-refractivity contribution in [1.29, 1.82) is 0 Å². The molecule has 0 unspecified atom stereocenters. The third-order valence-corrected chi connectivity index (χ3v) is 4.87. The Morgan fingerprint density at radius 2 is 1.79 bits per heavy atom. The number of hydrogen-bond donors (Lipinski definition) is 1. The number of nitrogens with one attached hydrogen (secondary N) is 1. The molecule has 29 heavy (non-hydrogen) atoms. The van der Waals surface area contributed by atoms with Crippen molar-refractivity contribution in [2.75, 3.05) is 12.8 Å². The zero-order valence-corrected chi connectivity index (χ0v) is 18.3. The van der Waals surface area contributed by atoms with Crippen LogP contribution in [-0.4, -0.2) is 40.3 Å². The maximum atomic E-state index is 12.0. The lowest BCUT2D eigenvalue weighted by atomic mass is 10.1. The van der Waals surface area contributed by atoms with E-state index in [2.05, 4.69) is 10.3 Å². The van der Waals surface area contributed by atoms with Crippen LogP contribution in [0.2, 0.25) is 0 Å². The molecule has 0 aliphatic rings. The highest BCUT2D eigenvalue weighted by molar-refractivity contribution is 7.99. The van der Waals surface area contributed by atoms with E-state index in [0.717, 1.165) is 22.4 Å². The Morgan fingerprint density at radius 1 is 1.10 bits per heavy atom. The number of ether oxygens (including phenoxy) is 1. The molecule has 0 spiro atoms. The number of carbonyl (C=O) groups excluding carboxylic acids is 2. The van der Waals surface area contributed by atoms with E-state index < -0.39 is 5.60 Å². The maximum absolute atomic E-state index is 12.0. The molecule has 0 aliphatic heterocycles. The van der Waals surface area contributed by atoms with Crippen LogP contribution in [0.4, 0.5) is 4.79 Å². The van der Waals surface area contributed by atoms with E-state index in [1.165, 1.54) is 0 Å². The van der Waals surface area contributed by atoms with Gasteiger partial charge in [-0.1, -0.05) is 30.3 Å². The standard InChI is InChI=1S/C22H29N3O3S/c1-22(2,3)28-21(27)25(4)14-18-9-7-17(8-10-18)13-24-20(26)16-29-15-19-6-5-11-23-12-19/h5-12H,13-16H2,1-4H3,(H,24,26). The quantitative estimate of drug-likeness (QED) is 0.706. The summed E-state index contributed by atoms with van der Waals surface area (Å²) in [6.07, 6.45) is 3.20. The van der Waals surface area contributed by atoms with Gasteiger partial charge in [-0.15, -0.1) is 11.8 Å². The minimum absolute atomic E-state index is 0.00706. The van der Waals surface area contributed by atoms with Crippen LogP contribution in [0.25, 0.3) is 0 Å². The molecule has 0 bridgehead atoms. The van der Waals surface area contributed by atoms with E-state index in [0.29, 0.717) is 18.8 Å². The molecule has 0 saturated carbocycles. The molecule has 7 heteroatoms. The Morgan fingerprint density at radius 3 is 2.41 bits per heavy atom. The second kappa shape index (κ2) is 10.9. The molecule has 1 heterocycles. The Bertz CT molecular complexity index is 789. The second-order valence-electron chi connectivity index (χ2n) is 7.78. The van der Waals surface area contributed by atoms with Gasteiger partial charge in [-0.3, -0.25) is 9.78 Å². The minimum Gasteiger partial charge on any atom is -0.444 e. The van der Waals surface area contributed by atoms with Crippen LogP contribution < -0.4 is 5.32 Å². The number of nitrogens with zero attached hydrogens (tertiary/aromatic N) is 2. The number of hydrogen-bond acceptors (Lipinski definition) is 5. The van der Waals surface area contributed by atoms with Gasteiger partial charge in [0.1, 0.15) is 5.60 Å².